The summed E-state index contributed by atoms with van der Waals surface area (Å²) in [5.74, 6) is -0.195. The molecule has 0 amide bonds. The molecule has 1 heterocycles. The maximum atomic E-state index is 13.0. The average Bonchev–Trinajstić information content (AvgIpc) is 2.23. The van der Waals surface area contributed by atoms with Crippen molar-refractivity contribution >= 4 is 10.8 Å². The largest absolute Gasteiger partial charge is 0.324 e. The highest BCUT2D eigenvalue weighted by Gasteiger charge is 2.34. The van der Waals surface area contributed by atoms with Gasteiger partial charge in [0.05, 0.1) is 10.8 Å². The minimum absolute atomic E-state index is 0.0192. The van der Waals surface area contributed by atoms with Crippen molar-refractivity contribution in [1.29, 1.82) is 0 Å². The fraction of sp³-hybridized carbons (Fsp3) is 0.455. The van der Waals surface area contributed by atoms with Gasteiger partial charge in [0.2, 0.25) is 0 Å². The van der Waals surface area contributed by atoms with Gasteiger partial charge in [0.15, 0.2) is 0 Å². The summed E-state index contributed by atoms with van der Waals surface area (Å²) in [4.78, 5) is 0.563. The van der Waals surface area contributed by atoms with E-state index < -0.39 is 10.8 Å². The fourth-order valence-electron chi connectivity index (χ4n) is 1.93. The highest BCUT2D eigenvalue weighted by molar-refractivity contribution is 7.85. The van der Waals surface area contributed by atoms with Gasteiger partial charge < -0.3 is 5.73 Å². The van der Waals surface area contributed by atoms with Gasteiger partial charge in [0.1, 0.15) is 5.82 Å². The Morgan fingerprint density at radius 3 is 2.73 bits per heavy atom. The fourth-order valence-corrected chi connectivity index (χ4v) is 3.55. The van der Waals surface area contributed by atoms with Crippen molar-refractivity contribution in [1.82, 2.24) is 0 Å². The Hall–Kier alpha value is -0.740. The van der Waals surface area contributed by atoms with E-state index in [4.69, 9.17) is 5.73 Å². The van der Waals surface area contributed by atoms with Gasteiger partial charge in [-0.15, -0.1) is 0 Å². The lowest BCUT2D eigenvalue weighted by atomic mass is 9.92. The maximum Gasteiger partial charge on any atom is 0.124 e. The van der Waals surface area contributed by atoms with E-state index in [2.05, 4.69) is 0 Å². The zero-order valence-electron chi connectivity index (χ0n) is 8.74. The lowest BCUT2D eigenvalue weighted by molar-refractivity contribution is 0.440. The summed E-state index contributed by atoms with van der Waals surface area (Å²) < 4.78 is 25.1. The van der Waals surface area contributed by atoms with Gasteiger partial charge in [-0.3, -0.25) is 4.21 Å². The van der Waals surface area contributed by atoms with Crippen LogP contribution >= 0.6 is 0 Å². The molecule has 0 bridgehead atoms. The van der Waals surface area contributed by atoms with Crippen LogP contribution in [0.3, 0.4) is 0 Å². The van der Waals surface area contributed by atoms with Gasteiger partial charge in [-0.05, 0) is 23.6 Å². The zero-order chi connectivity index (χ0) is 11.2. The Morgan fingerprint density at radius 1 is 1.40 bits per heavy atom. The Balaban J connectivity index is 2.59. The van der Waals surface area contributed by atoms with Crippen LogP contribution in [-0.4, -0.2) is 9.46 Å². The molecule has 2 N–H and O–H groups in total. The van der Waals surface area contributed by atoms with Crippen molar-refractivity contribution in [2.45, 2.75) is 30.0 Å². The number of halogens is 1. The first kappa shape index (κ1) is 10.8. The number of fused-ring (bicyclic) bond motifs is 1. The summed E-state index contributed by atoms with van der Waals surface area (Å²) in [6.07, 6.45) is 0. The third-order valence-corrected chi connectivity index (χ3v) is 5.09. The maximum absolute atomic E-state index is 13.0. The van der Waals surface area contributed by atoms with E-state index in [1.54, 1.807) is 6.07 Å². The number of benzene rings is 1. The van der Waals surface area contributed by atoms with Crippen LogP contribution in [0, 0.1) is 11.7 Å². The Bertz CT molecular complexity index is 421. The highest BCUT2D eigenvalue weighted by Crippen LogP contribution is 2.36. The Labute approximate surface area is 91.1 Å². The number of hydrogen-bond donors (Lipinski definition) is 1. The molecule has 1 aromatic rings. The topological polar surface area (TPSA) is 43.1 Å². The smallest absolute Gasteiger partial charge is 0.124 e. The molecule has 4 unspecified atom stereocenters. The highest BCUT2D eigenvalue weighted by atomic mass is 32.2. The van der Waals surface area contributed by atoms with E-state index >= 15 is 0 Å². The second-order valence-electron chi connectivity index (χ2n) is 4.07. The van der Waals surface area contributed by atoms with Gasteiger partial charge in [-0.2, -0.15) is 0 Å². The summed E-state index contributed by atoms with van der Waals surface area (Å²) in [6, 6.07) is 4.22. The quantitative estimate of drug-likeness (QED) is 0.736. The lowest BCUT2D eigenvalue weighted by Crippen LogP contribution is -2.36. The predicted octanol–water partition coefficient (Wildman–Crippen LogP) is 1.97. The first-order valence-electron chi connectivity index (χ1n) is 4.98. The summed E-state index contributed by atoms with van der Waals surface area (Å²) in [7, 11) is -1.14. The molecular formula is C11H14FNOS. The molecule has 0 fully saturated rings. The van der Waals surface area contributed by atoms with E-state index in [0.29, 0.717) is 4.90 Å². The van der Waals surface area contributed by atoms with Crippen LogP contribution in [0.5, 0.6) is 0 Å². The van der Waals surface area contributed by atoms with Crippen LogP contribution in [-0.2, 0) is 10.8 Å². The average molecular weight is 227 g/mol. The lowest BCUT2D eigenvalue weighted by Gasteiger charge is -2.32. The molecule has 0 spiro atoms. The van der Waals surface area contributed by atoms with Crippen LogP contribution in [0.25, 0.3) is 0 Å². The molecule has 0 radical (unpaired) electrons. The van der Waals surface area contributed by atoms with Crippen molar-refractivity contribution in [3.63, 3.8) is 0 Å². The number of hydrogen-bond acceptors (Lipinski definition) is 2. The Kier molecular flexibility index (Phi) is 2.64. The van der Waals surface area contributed by atoms with Crippen LogP contribution in [0.2, 0.25) is 0 Å². The molecule has 4 atom stereocenters. The predicted molar refractivity (Wildman–Crippen MR) is 58.4 cm³/mol. The molecule has 1 aliphatic heterocycles. The normalized spacial score (nSPS) is 34.9. The summed E-state index contributed by atoms with van der Waals surface area (Å²) in [6.45, 7) is 3.88. The van der Waals surface area contributed by atoms with Gasteiger partial charge in [-0.25, -0.2) is 4.39 Å². The minimum atomic E-state index is -1.14. The molecule has 1 aliphatic rings. The first-order valence-corrected chi connectivity index (χ1v) is 6.19. The molecular weight excluding hydrogens is 213 g/mol. The number of nitrogens with two attached hydrogens (primary N) is 1. The van der Waals surface area contributed by atoms with Crippen molar-refractivity contribution in [2.75, 3.05) is 0 Å². The van der Waals surface area contributed by atoms with E-state index in [1.807, 2.05) is 13.8 Å². The van der Waals surface area contributed by atoms with Gasteiger partial charge in [0, 0.05) is 16.2 Å². The van der Waals surface area contributed by atoms with Crippen LogP contribution in [0.4, 0.5) is 4.39 Å². The molecule has 2 rings (SSSR count). The van der Waals surface area contributed by atoms with Crippen LogP contribution in [0.15, 0.2) is 23.1 Å². The SMILES string of the molecule is CC1C(N)c2ccc(F)cc2S(=O)C1C. The third-order valence-electron chi connectivity index (χ3n) is 3.20. The van der Waals surface area contributed by atoms with Crippen LogP contribution < -0.4 is 5.73 Å². The molecule has 0 saturated carbocycles. The molecule has 2 nitrogen and oxygen atoms in total. The molecule has 1 aromatic carbocycles. The monoisotopic (exact) mass is 227 g/mol. The Morgan fingerprint density at radius 2 is 2.07 bits per heavy atom. The molecule has 0 aliphatic carbocycles. The van der Waals surface area contributed by atoms with E-state index in [-0.39, 0.29) is 23.0 Å². The van der Waals surface area contributed by atoms with Crippen molar-refractivity contribution in [3.05, 3.63) is 29.6 Å². The second kappa shape index (κ2) is 3.68. The van der Waals surface area contributed by atoms with Gasteiger partial charge >= 0.3 is 0 Å². The number of rotatable bonds is 0. The minimum Gasteiger partial charge on any atom is -0.324 e. The van der Waals surface area contributed by atoms with E-state index in [9.17, 15) is 8.60 Å². The van der Waals surface area contributed by atoms with Gasteiger partial charge in [0.25, 0.3) is 0 Å². The van der Waals surface area contributed by atoms with Gasteiger partial charge in [-0.1, -0.05) is 19.9 Å². The van der Waals surface area contributed by atoms with Crippen molar-refractivity contribution < 1.29 is 8.60 Å². The summed E-state index contributed by atoms with van der Waals surface area (Å²) in [5, 5.41) is -0.0192. The van der Waals surface area contributed by atoms with Crippen molar-refractivity contribution in [3.8, 4) is 0 Å². The molecule has 4 heteroatoms. The van der Waals surface area contributed by atoms with E-state index in [1.165, 1.54) is 12.1 Å². The van der Waals surface area contributed by atoms with Crippen molar-refractivity contribution in [2.24, 2.45) is 11.7 Å². The van der Waals surface area contributed by atoms with E-state index in [0.717, 1.165) is 5.56 Å². The molecule has 0 saturated heterocycles. The summed E-state index contributed by atoms with van der Waals surface area (Å²) >= 11 is 0. The summed E-state index contributed by atoms with van der Waals surface area (Å²) in [5.41, 5.74) is 6.86. The molecule has 0 aromatic heterocycles. The second-order valence-corrected chi connectivity index (χ2v) is 5.85. The third kappa shape index (κ3) is 1.62. The standard InChI is InChI=1S/C11H14FNOS/c1-6-7(2)15(14)10-5-8(12)3-4-9(10)11(6)13/h3-7,11H,13H2,1-2H3. The molecule has 82 valence electrons. The first-order chi connectivity index (χ1) is 7.02. The molecule has 15 heavy (non-hydrogen) atoms. The zero-order valence-corrected chi connectivity index (χ0v) is 9.55. The van der Waals surface area contributed by atoms with Crippen LogP contribution in [0.1, 0.15) is 25.5 Å².